The lowest BCUT2D eigenvalue weighted by atomic mass is 9.47. The SMILES string of the molecule is CC1(C)c2cccc(-c3cc4c(cn3)C3CC(C4)C3(C)C)c2C(C)(C)C2C=CC=CC21. The van der Waals surface area contributed by atoms with Crippen LogP contribution in [-0.4, -0.2) is 4.98 Å². The second kappa shape index (κ2) is 6.00. The summed E-state index contributed by atoms with van der Waals surface area (Å²) in [5, 5.41) is 0. The van der Waals surface area contributed by atoms with Gasteiger partial charge in [0.25, 0.3) is 0 Å². The Kier molecular flexibility index (Phi) is 3.78. The average Bonchev–Trinajstić information content (AvgIpc) is 2.76. The highest BCUT2D eigenvalue weighted by molar-refractivity contribution is 5.71. The van der Waals surface area contributed by atoms with E-state index in [1.54, 1.807) is 5.56 Å². The van der Waals surface area contributed by atoms with Crippen LogP contribution in [0.15, 0.2) is 54.8 Å². The van der Waals surface area contributed by atoms with Gasteiger partial charge in [-0.1, -0.05) is 84.0 Å². The minimum atomic E-state index is 0.0646. The van der Waals surface area contributed by atoms with Crippen molar-refractivity contribution in [3.8, 4) is 11.3 Å². The topological polar surface area (TPSA) is 12.9 Å². The van der Waals surface area contributed by atoms with E-state index in [9.17, 15) is 0 Å². The molecule has 1 nitrogen and oxygen atoms in total. The van der Waals surface area contributed by atoms with Crippen LogP contribution in [0.4, 0.5) is 0 Å². The average molecular weight is 410 g/mol. The first-order valence-electron chi connectivity index (χ1n) is 12.1. The quantitative estimate of drug-likeness (QED) is 0.479. The van der Waals surface area contributed by atoms with Crippen LogP contribution < -0.4 is 0 Å². The molecular formula is C30H35N. The number of allylic oxidation sites excluding steroid dienone is 4. The predicted octanol–water partition coefficient (Wildman–Crippen LogP) is 7.36. The number of hydrogen-bond acceptors (Lipinski definition) is 1. The van der Waals surface area contributed by atoms with Crippen molar-refractivity contribution in [2.24, 2.45) is 23.2 Å². The van der Waals surface area contributed by atoms with Crippen molar-refractivity contribution in [2.75, 3.05) is 0 Å². The molecule has 2 bridgehead atoms. The Morgan fingerprint density at radius 2 is 1.61 bits per heavy atom. The van der Waals surface area contributed by atoms with Gasteiger partial charge in [0.15, 0.2) is 0 Å². The minimum absolute atomic E-state index is 0.0646. The number of benzene rings is 1. The predicted molar refractivity (Wildman–Crippen MR) is 129 cm³/mol. The van der Waals surface area contributed by atoms with E-state index in [2.05, 4.69) is 96.3 Å². The highest BCUT2D eigenvalue weighted by Crippen LogP contribution is 2.62. The molecule has 31 heavy (non-hydrogen) atoms. The Balaban J connectivity index is 1.53. The number of hydrogen-bond donors (Lipinski definition) is 0. The molecule has 1 heterocycles. The summed E-state index contributed by atoms with van der Waals surface area (Å²) in [7, 11) is 0. The molecule has 2 aromatic rings. The summed E-state index contributed by atoms with van der Waals surface area (Å²) in [6, 6.07) is 9.39. The van der Waals surface area contributed by atoms with Crippen molar-refractivity contribution < 1.29 is 0 Å². The lowest BCUT2D eigenvalue weighted by Crippen LogP contribution is -2.48. The zero-order valence-electron chi connectivity index (χ0n) is 19.9. The summed E-state index contributed by atoms with van der Waals surface area (Å²) in [5.74, 6) is 2.57. The zero-order valence-corrected chi connectivity index (χ0v) is 19.9. The van der Waals surface area contributed by atoms with Gasteiger partial charge in [-0.2, -0.15) is 0 Å². The van der Waals surface area contributed by atoms with Crippen molar-refractivity contribution >= 4 is 0 Å². The highest BCUT2D eigenvalue weighted by atomic mass is 14.7. The Labute approximate surface area is 187 Å². The fourth-order valence-electron chi connectivity index (χ4n) is 7.63. The molecule has 5 aliphatic rings. The molecule has 1 saturated carbocycles. The summed E-state index contributed by atoms with van der Waals surface area (Å²) in [6.07, 6.45) is 14.2. The molecule has 0 amide bonds. The van der Waals surface area contributed by atoms with Gasteiger partial charge in [-0.25, -0.2) is 0 Å². The van der Waals surface area contributed by atoms with Crippen LogP contribution in [-0.2, 0) is 17.3 Å². The van der Waals surface area contributed by atoms with E-state index >= 15 is 0 Å². The number of pyridine rings is 1. The van der Waals surface area contributed by atoms with E-state index < -0.39 is 0 Å². The van der Waals surface area contributed by atoms with E-state index in [0.717, 1.165) is 5.92 Å². The van der Waals surface area contributed by atoms with Gasteiger partial charge in [-0.3, -0.25) is 4.98 Å². The second-order valence-electron chi connectivity index (χ2n) is 12.3. The summed E-state index contributed by atoms with van der Waals surface area (Å²) in [5.41, 5.74) is 9.21. The van der Waals surface area contributed by atoms with Crippen molar-refractivity contribution in [3.05, 3.63) is 77.0 Å². The Bertz CT molecular complexity index is 1140. The molecule has 0 N–H and O–H groups in total. The number of aromatic nitrogens is 1. The number of rotatable bonds is 1. The smallest absolute Gasteiger partial charge is 0.0708 e. The van der Waals surface area contributed by atoms with Crippen LogP contribution in [0.1, 0.15) is 76.1 Å². The molecule has 0 radical (unpaired) electrons. The number of nitrogens with zero attached hydrogens (tertiary/aromatic N) is 1. The highest BCUT2D eigenvalue weighted by Gasteiger charge is 2.53. The van der Waals surface area contributed by atoms with Crippen LogP contribution in [0.2, 0.25) is 0 Å². The standard InChI is InChI=1S/C30H35N/c1-28(2)19-14-18-15-26(31-17-21(18)25(28)16-19)20-10-9-13-24-27(20)30(5,6)23-12-8-7-11-22(23)29(24,3)4/h7-13,15,17,19,22-23,25H,14,16H2,1-6H3. The van der Waals surface area contributed by atoms with E-state index in [-0.39, 0.29) is 10.8 Å². The minimum Gasteiger partial charge on any atom is -0.256 e. The van der Waals surface area contributed by atoms with Crippen LogP contribution in [0.3, 0.4) is 0 Å². The Morgan fingerprint density at radius 3 is 2.32 bits per heavy atom. The van der Waals surface area contributed by atoms with E-state index in [1.165, 1.54) is 40.8 Å². The van der Waals surface area contributed by atoms with Crippen LogP contribution in [0.25, 0.3) is 11.3 Å². The first-order valence-corrected chi connectivity index (χ1v) is 12.1. The molecule has 1 heteroatoms. The van der Waals surface area contributed by atoms with Gasteiger partial charge in [0, 0.05) is 11.8 Å². The van der Waals surface area contributed by atoms with Crippen LogP contribution in [0, 0.1) is 23.2 Å². The largest absolute Gasteiger partial charge is 0.256 e. The molecule has 5 aliphatic carbocycles. The molecule has 160 valence electrons. The first kappa shape index (κ1) is 19.5. The fraction of sp³-hybridized carbons (Fsp3) is 0.500. The molecule has 0 spiro atoms. The third-order valence-corrected chi connectivity index (χ3v) is 9.82. The molecule has 0 saturated heterocycles. The maximum Gasteiger partial charge on any atom is 0.0708 e. The summed E-state index contributed by atoms with van der Waals surface area (Å²) < 4.78 is 0. The van der Waals surface area contributed by atoms with Gasteiger partial charge in [-0.05, 0) is 81.1 Å². The van der Waals surface area contributed by atoms with Gasteiger partial charge >= 0.3 is 0 Å². The third-order valence-electron chi connectivity index (χ3n) is 9.82. The van der Waals surface area contributed by atoms with E-state index in [0.29, 0.717) is 23.2 Å². The third kappa shape index (κ3) is 2.41. The molecule has 1 aromatic heterocycles. The Morgan fingerprint density at radius 1 is 0.903 bits per heavy atom. The second-order valence-corrected chi connectivity index (χ2v) is 12.3. The molecule has 1 fully saturated rings. The first-order chi connectivity index (χ1) is 14.6. The number of fused-ring (bicyclic) bond motifs is 2. The summed E-state index contributed by atoms with van der Waals surface area (Å²) in [4.78, 5) is 5.10. The molecule has 4 atom stereocenters. The van der Waals surface area contributed by atoms with Crippen LogP contribution >= 0.6 is 0 Å². The molecule has 0 aliphatic heterocycles. The fourth-order valence-corrected chi connectivity index (χ4v) is 7.63. The van der Waals surface area contributed by atoms with Gasteiger partial charge in [0.1, 0.15) is 0 Å². The van der Waals surface area contributed by atoms with Crippen molar-refractivity contribution in [2.45, 2.75) is 71.1 Å². The summed E-state index contributed by atoms with van der Waals surface area (Å²) in [6.45, 7) is 14.7. The van der Waals surface area contributed by atoms with E-state index in [1.807, 2.05) is 0 Å². The van der Waals surface area contributed by atoms with E-state index in [4.69, 9.17) is 4.98 Å². The molecular weight excluding hydrogens is 374 g/mol. The Hall–Kier alpha value is -2.15. The molecule has 7 rings (SSSR count). The van der Waals surface area contributed by atoms with Gasteiger partial charge in [0.05, 0.1) is 5.69 Å². The van der Waals surface area contributed by atoms with Crippen molar-refractivity contribution in [3.63, 3.8) is 0 Å². The van der Waals surface area contributed by atoms with Crippen molar-refractivity contribution in [1.82, 2.24) is 4.98 Å². The summed E-state index contributed by atoms with van der Waals surface area (Å²) >= 11 is 0. The molecule has 4 unspecified atom stereocenters. The van der Waals surface area contributed by atoms with Crippen LogP contribution in [0.5, 0.6) is 0 Å². The maximum absolute atomic E-state index is 5.10. The lowest BCUT2D eigenvalue weighted by molar-refractivity contribution is 0.0183. The molecule has 1 aromatic carbocycles. The normalized spacial score (nSPS) is 32.5. The van der Waals surface area contributed by atoms with Gasteiger partial charge < -0.3 is 0 Å². The maximum atomic E-state index is 5.10. The van der Waals surface area contributed by atoms with Crippen molar-refractivity contribution in [1.29, 1.82) is 0 Å². The van der Waals surface area contributed by atoms with Gasteiger partial charge in [0.2, 0.25) is 0 Å². The lowest BCUT2D eigenvalue weighted by Gasteiger charge is -2.57. The monoisotopic (exact) mass is 409 g/mol. The van der Waals surface area contributed by atoms with Gasteiger partial charge in [-0.15, -0.1) is 0 Å². The zero-order chi connectivity index (χ0) is 21.8.